The number of esters is 1. The van der Waals surface area contributed by atoms with E-state index in [0.717, 1.165) is 12.8 Å². The van der Waals surface area contributed by atoms with Gasteiger partial charge in [-0.1, -0.05) is 79.6 Å². The Morgan fingerprint density at radius 2 is 1.92 bits per heavy atom. The van der Waals surface area contributed by atoms with Gasteiger partial charge in [0.05, 0.1) is 5.92 Å². The van der Waals surface area contributed by atoms with Crippen molar-refractivity contribution in [1.82, 2.24) is 0 Å². The van der Waals surface area contributed by atoms with E-state index in [1.807, 2.05) is 25.1 Å². The first-order valence-corrected chi connectivity index (χ1v) is 8.87. The molecule has 0 aromatic heterocycles. The summed E-state index contributed by atoms with van der Waals surface area (Å²) in [6.45, 7) is 8.31. The molecule has 1 saturated heterocycles. The largest absolute Gasteiger partial charge is 0.462 e. The second-order valence-corrected chi connectivity index (χ2v) is 6.46. The Kier molecular flexibility index (Phi) is 6.60. The molecule has 0 aliphatic carbocycles. The number of carbonyl (C=O) groups is 1. The fourth-order valence-corrected chi connectivity index (χ4v) is 3.17. The maximum Gasteiger partial charge on any atom is 0.309 e. The van der Waals surface area contributed by atoms with Crippen molar-refractivity contribution in [2.24, 2.45) is 11.8 Å². The summed E-state index contributed by atoms with van der Waals surface area (Å²) in [7, 11) is 0. The van der Waals surface area contributed by atoms with Crippen LogP contribution in [0.2, 0.25) is 0 Å². The first-order valence-electron chi connectivity index (χ1n) is 8.87. The van der Waals surface area contributed by atoms with E-state index in [0.29, 0.717) is 0 Å². The third-order valence-electron chi connectivity index (χ3n) is 4.62. The molecule has 1 aliphatic heterocycles. The van der Waals surface area contributed by atoms with Gasteiger partial charge in [0, 0.05) is 5.92 Å². The van der Waals surface area contributed by atoms with Gasteiger partial charge in [-0.3, -0.25) is 4.79 Å². The molecule has 0 radical (unpaired) electrons. The number of allylic oxidation sites excluding steroid dienone is 4. The molecule has 24 heavy (non-hydrogen) atoms. The van der Waals surface area contributed by atoms with Crippen molar-refractivity contribution in [3.8, 4) is 0 Å². The molecule has 0 saturated carbocycles. The third-order valence-corrected chi connectivity index (χ3v) is 4.62. The van der Waals surface area contributed by atoms with Gasteiger partial charge in [0.25, 0.3) is 0 Å². The lowest BCUT2D eigenvalue weighted by Gasteiger charge is -2.14. The fourth-order valence-electron chi connectivity index (χ4n) is 3.17. The summed E-state index contributed by atoms with van der Waals surface area (Å²) in [6, 6.07) is 10.3. The molecule has 3 atom stereocenters. The summed E-state index contributed by atoms with van der Waals surface area (Å²) >= 11 is 0. The predicted molar refractivity (Wildman–Crippen MR) is 100 cm³/mol. The van der Waals surface area contributed by atoms with Crippen molar-refractivity contribution in [3.63, 3.8) is 0 Å². The molecule has 1 aromatic rings. The minimum atomic E-state index is -0.0496. The molecule has 1 aromatic carbocycles. The molecule has 0 N–H and O–H groups in total. The SMILES string of the molecule is CCC(C=C(C)C=Cc1ccccc1)=CC1C(C)OC(=O)C1CC. The number of hydrogen-bond donors (Lipinski definition) is 0. The van der Waals surface area contributed by atoms with Crippen LogP contribution in [0, 0.1) is 11.8 Å². The smallest absolute Gasteiger partial charge is 0.309 e. The zero-order valence-corrected chi connectivity index (χ0v) is 15.2. The molecule has 0 bridgehead atoms. The van der Waals surface area contributed by atoms with E-state index in [1.165, 1.54) is 16.7 Å². The van der Waals surface area contributed by atoms with E-state index >= 15 is 0 Å². The first-order chi connectivity index (χ1) is 11.5. The molecule has 0 amide bonds. The Bertz CT molecular complexity index is 637. The van der Waals surface area contributed by atoms with E-state index in [2.05, 4.69) is 57.2 Å². The Morgan fingerprint density at radius 1 is 1.21 bits per heavy atom. The maximum atomic E-state index is 11.9. The van der Waals surface area contributed by atoms with E-state index < -0.39 is 0 Å². The lowest BCUT2D eigenvalue weighted by Crippen LogP contribution is -2.16. The van der Waals surface area contributed by atoms with Crippen molar-refractivity contribution in [3.05, 3.63) is 65.3 Å². The molecular weight excluding hydrogens is 296 g/mol. The second kappa shape index (κ2) is 8.68. The van der Waals surface area contributed by atoms with Crippen LogP contribution in [0.1, 0.15) is 46.1 Å². The van der Waals surface area contributed by atoms with Crippen LogP contribution >= 0.6 is 0 Å². The summed E-state index contributed by atoms with van der Waals surface area (Å²) in [5.41, 5.74) is 3.67. The van der Waals surface area contributed by atoms with Gasteiger partial charge in [0.1, 0.15) is 6.10 Å². The predicted octanol–water partition coefficient (Wildman–Crippen LogP) is 5.57. The zero-order valence-electron chi connectivity index (χ0n) is 15.2. The standard InChI is InChI=1S/C22H28O2/c1-5-18(15-21-17(4)24-22(23)20(21)6-2)14-16(3)12-13-19-10-8-7-9-11-19/h7-15,17,20-21H,5-6H2,1-4H3. The fraction of sp³-hybridized carbons (Fsp3) is 0.409. The lowest BCUT2D eigenvalue weighted by molar-refractivity contribution is -0.143. The number of rotatable bonds is 6. The quantitative estimate of drug-likeness (QED) is 0.505. The highest BCUT2D eigenvalue weighted by Gasteiger charge is 2.39. The molecule has 1 fully saturated rings. The average molecular weight is 324 g/mol. The average Bonchev–Trinajstić information content (AvgIpc) is 2.86. The number of benzene rings is 1. The summed E-state index contributed by atoms with van der Waals surface area (Å²) in [5.74, 6) is 0.126. The molecule has 1 heterocycles. The second-order valence-electron chi connectivity index (χ2n) is 6.46. The minimum Gasteiger partial charge on any atom is -0.462 e. The highest BCUT2D eigenvalue weighted by atomic mass is 16.6. The van der Waals surface area contributed by atoms with Gasteiger partial charge in [0.2, 0.25) is 0 Å². The normalized spacial score (nSPS) is 25.3. The van der Waals surface area contributed by atoms with Gasteiger partial charge >= 0.3 is 5.97 Å². The van der Waals surface area contributed by atoms with Gasteiger partial charge in [-0.05, 0) is 32.3 Å². The van der Waals surface area contributed by atoms with E-state index in [4.69, 9.17) is 4.74 Å². The van der Waals surface area contributed by atoms with Crippen molar-refractivity contribution < 1.29 is 9.53 Å². The van der Waals surface area contributed by atoms with Crippen LogP contribution in [0.25, 0.3) is 6.08 Å². The van der Waals surface area contributed by atoms with Crippen LogP contribution in [-0.2, 0) is 9.53 Å². The summed E-state index contributed by atoms with van der Waals surface area (Å²) in [4.78, 5) is 11.9. The molecule has 2 heteroatoms. The van der Waals surface area contributed by atoms with Crippen LogP contribution in [-0.4, -0.2) is 12.1 Å². The van der Waals surface area contributed by atoms with E-state index in [9.17, 15) is 4.79 Å². The first kappa shape index (κ1) is 18.3. The van der Waals surface area contributed by atoms with Crippen LogP contribution in [0.5, 0.6) is 0 Å². The molecule has 0 spiro atoms. The number of cyclic esters (lactones) is 1. The summed E-state index contributed by atoms with van der Waals surface area (Å²) in [6.07, 6.45) is 10.5. The van der Waals surface area contributed by atoms with Gasteiger partial charge in [-0.15, -0.1) is 0 Å². The van der Waals surface area contributed by atoms with Crippen molar-refractivity contribution in [2.45, 2.75) is 46.6 Å². The van der Waals surface area contributed by atoms with Gasteiger partial charge in [-0.25, -0.2) is 0 Å². The Morgan fingerprint density at radius 3 is 2.54 bits per heavy atom. The maximum absolute atomic E-state index is 11.9. The van der Waals surface area contributed by atoms with Crippen LogP contribution in [0.3, 0.4) is 0 Å². The molecule has 1 aliphatic rings. The third kappa shape index (κ3) is 4.70. The molecular formula is C22H28O2. The van der Waals surface area contributed by atoms with Crippen molar-refractivity contribution in [2.75, 3.05) is 0 Å². The zero-order chi connectivity index (χ0) is 17.5. The van der Waals surface area contributed by atoms with Crippen molar-refractivity contribution in [1.29, 1.82) is 0 Å². The Hall–Kier alpha value is -2.09. The molecule has 2 nitrogen and oxygen atoms in total. The Balaban J connectivity index is 2.15. The van der Waals surface area contributed by atoms with Crippen LogP contribution in [0.15, 0.2) is 59.7 Å². The highest BCUT2D eigenvalue weighted by molar-refractivity contribution is 5.75. The van der Waals surface area contributed by atoms with E-state index in [-0.39, 0.29) is 23.9 Å². The van der Waals surface area contributed by atoms with Gasteiger partial charge in [-0.2, -0.15) is 0 Å². The summed E-state index contributed by atoms with van der Waals surface area (Å²) in [5, 5.41) is 0. The molecule has 2 rings (SSSR count). The Labute approximate surface area is 145 Å². The minimum absolute atomic E-state index is 0.00452. The monoisotopic (exact) mass is 324 g/mol. The lowest BCUT2D eigenvalue weighted by atomic mass is 9.86. The van der Waals surface area contributed by atoms with Crippen molar-refractivity contribution >= 4 is 12.0 Å². The van der Waals surface area contributed by atoms with Gasteiger partial charge < -0.3 is 4.74 Å². The highest BCUT2D eigenvalue weighted by Crippen LogP contribution is 2.33. The molecule has 3 unspecified atom stereocenters. The number of carbonyl (C=O) groups excluding carboxylic acids is 1. The topological polar surface area (TPSA) is 26.3 Å². The molecule has 128 valence electrons. The van der Waals surface area contributed by atoms with Gasteiger partial charge in [0.15, 0.2) is 0 Å². The summed E-state index contributed by atoms with van der Waals surface area (Å²) < 4.78 is 5.41. The number of hydrogen-bond acceptors (Lipinski definition) is 2. The van der Waals surface area contributed by atoms with Crippen LogP contribution < -0.4 is 0 Å². The van der Waals surface area contributed by atoms with Crippen LogP contribution in [0.4, 0.5) is 0 Å². The number of ether oxygens (including phenoxy) is 1. The van der Waals surface area contributed by atoms with E-state index in [1.54, 1.807) is 0 Å².